The van der Waals surface area contributed by atoms with Gasteiger partial charge in [0.05, 0.1) is 13.6 Å². The molecule has 23 heavy (non-hydrogen) atoms. The van der Waals surface area contributed by atoms with Crippen LogP contribution in [0.25, 0.3) is 6.08 Å². The van der Waals surface area contributed by atoms with Crippen LogP contribution in [0.1, 0.15) is 26.3 Å². The number of hydrogen-bond acceptors (Lipinski definition) is 2. The Labute approximate surface area is 137 Å². The molecule has 2 rings (SSSR count). The molecule has 2 aromatic rings. The molecule has 0 aromatic heterocycles. The highest BCUT2D eigenvalue weighted by atomic mass is 28.3. The molecule has 0 heterocycles. The predicted octanol–water partition coefficient (Wildman–Crippen LogP) is 3.83. The van der Waals surface area contributed by atoms with E-state index in [1.165, 1.54) is 23.4 Å². The van der Waals surface area contributed by atoms with Gasteiger partial charge in [0.2, 0.25) is 0 Å². The van der Waals surface area contributed by atoms with Crippen LogP contribution in [0.2, 0.25) is 19.6 Å². The highest BCUT2D eigenvalue weighted by molar-refractivity contribution is 6.88. The highest BCUT2D eigenvalue weighted by Crippen LogP contribution is 2.09. The van der Waals surface area contributed by atoms with Crippen molar-refractivity contribution in [2.75, 3.05) is 0 Å². The van der Waals surface area contributed by atoms with E-state index in [4.69, 9.17) is 5.11 Å². The molecular weight excluding hydrogens is 304 g/mol. The summed E-state index contributed by atoms with van der Waals surface area (Å²) in [6.07, 6.45) is 3.21. The summed E-state index contributed by atoms with van der Waals surface area (Å²) in [4.78, 5) is 23.0. The zero-order valence-electron chi connectivity index (χ0n) is 13.5. The Kier molecular flexibility index (Phi) is 4.96. The largest absolute Gasteiger partial charge is 0.478 e. The Balaban J connectivity index is 2.10. The van der Waals surface area contributed by atoms with Crippen LogP contribution < -0.4 is 5.19 Å². The first-order valence-electron chi connectivity index (χ1n) is 7.44. The van der Waals surface area contributed by atoms with Gasteiger partial charge in [0.15, 0.2) is 5.78 Å². The maximum atomic E-state index is 12.2. The third-order valence-electron chi connectivity index (χ3n) is 3.62. The second-order valence-electron chi connectivity index (χ2n) is 6.45. The molecule has 118 valence electrons. The molecule has 3 nitrogen and oxygen atoms in total. The van der Waals surface area contributed by atoms with Gasteiger partial charge in [0.25, 0.3) is 0 Å². The minimum absolute atomic E-state index is 0.0607. The van der Waals surface area contributed by atoms with Gasteiger partial charge in [0, 0.05) is 5.56 Å². The summed E-state index contributed by atoms with van der Waals surface area (Å²) >= 11 is 0. The minimum Gasteiger partial charge on any atom is -0.478 e. The summed E-state index contributed by atoms with van der Waals surface area (Å²) in [6.45, 7) is 6.81. The van der Waals surface area contributed by atoms with Crippen LogP contribution in [0.3, 0.4) is 0 Å². The maximum Gasteiger partial charge on any atom is 0.335 e. The molecule has 0 bridgehead atoms. The summed E-state index contributed by atoms with van der Waals surface area (Å²) in [5.74, 6) is -1.02. The second-order valence-corrected chi connectivity index (χ2v) is 11.5. The molecule has 0 aliphatic heterocycles. The highest BCUT2D eigenvalue weighted by Gasteiger charge is 2.16. The average Bonchev–Trinajstić information content (AvgIpc) is 2.52. The van der Waals surface area contributed by atoms with Gasteiger partial charge in [-0.1, -0.05) is 67.3 Å². The van der Waals surface area contributed by atoms with E-state index in [1.807, 2.05) is 24.3 Å². The van der Waals surface area contributed by atoms with Gasteiger partial charge < -0.3 is 5.11 Å². The first-order chi connectivity index (χ1) is 10.8. The van der Waals surface area contributed by atoms with Crippen molar-refractivity contribution in [1.29, 1.82) is 0 Å². The maximum absolute atomic E-state index is 12.2. The zero-order chi connectivity index (χ0) is 17.0. The Morgan fingerprint density at radius 3 is 1.87 bits per heavy atom. The molecule has 0 saturated carbocycles. The van der Waals surface area contributed by atoms with Gasteiger partial charge in [-0.25, -0.2) is 4.79 Å². The van der Waals surface area contributed by atoms with Crippen molar-refractivity contribution in [1.82, 2.24) is 0 Å². The molecule has 0 saturated heterocycles. The third kappa shape index (κ3) is 4.50. The molecule has 0 amide bonds. The molecule has 2 aromatic carbocycles. The molecule has 0 aliphatic rings. The van der Waals surface area contributed by atoms with E-state index in [9.17, 15) is 9.59 Å². The Hall–Kier alpha value is -2.46. The zero-order valence-corrected chi connectivity index (χ0v) is 14.5. The van der Waals surface area contributed by atoms with E-state index in [-0.39, 0.29) is 11.3 Å². The van der Waals surface area contributed by atoms with E-state index in [0.717, 1.165) is 5.56 Å². The lowest BCUT2D eigenvalue weighted by Crippen LogP contribution is -2.37. The van der Waals surface area contributed by atoms with E-state index in [0.29, 0.717) is 5.56 Å². The van der Waals surface area contributed by atoms with Crippen LogP contribution in [-0.4, -0.2) is 24.9 Å². The van der Waals surface area contributed by atoms with Gasteiger partial charge in [-0.05, 0) is 23.8 Å². The van der Waals surface area contributed by atoms with Crippen molar-refractivity contribution in [2.24, 2.45) is 0 Å². The Morgan fingerprint density at radius 2 is 1.39 bits per heavy atom. The van der Waals surface area contributed by atoms with Gasteiger partial charge in [-0.15, -0.1) is 0 Å². The number of aromatic carboxylic acids is 1. The number of benzene rings is 2. The van der Waals surface area contributed by atoms with Crippen LogP contribution in [0.15, 0.2) is 54.6 Å². The molecule has 0 atom stereocenters. The van der Waals surface area contributed by atoms with Crippen LogP contribution in [0.5, 0.6) is 0 Å². The number of ketones is 1. The monoisotopic (exact) mass is 324 g/mol. The van der Waals surface area contributed by atoms with Gasteiger partial charge >= 0.3 is 5.97 Å². The van der Waals surface area contributed by atoms with Gasteiger partial charge in [-0.3, -0.25) is 4.79 Å². The predicted molar refractivity (Wildman–Crippen MR) is 96.2 cm³/mol. The fourth-order valence-corrected chi connectivity index (χ4v) is 3.31. The number of carboxylic acid groups (broad SMARTS) is 1. The lowest BCUT2D eigenvalue weighted by atomic mass is 10.1. The number of carbonyl (C=O) groups is 2. The molecular formula is C19H20O3Si. The van der Waals surface area contributed by atoms with Gasteiger partial charge in [0.1, 0.15) is 0 Å². The van der Waals surface area contributed by atoms with Crippen molar-refractivity contribution in [2.45, 2.75) is 19.6 Å². The summed E-state index contributed by atoms with van der Waals surface area (Å²) in [5, 5.41) is 10.2. The summed E-state index contributed by atoms with van der Waals surface area (Å²) in [7, 11) is -1.35. The molecule has 0 unspecified atom stereocenters. The lowest BCUT2D eigenvalue weighted by Gasteiger charge is -2.16. The Morgan fingerprint density at radius 1 is 0.870 bits per heavy atom. The van der Waals surface area contributed by atoms with Crippen LogP contribution in [0.4, 0.5) is 0 Å². The van der Waals surface area contributed by atoms with Crippen molar-refractivity contribution in [3.8, 4) is 0 Å². The number of hydrogen-bond donors (Lipinski definition) is 1. The van der Waals surface area contributed by atoms with Crippen LogP contribution in [-0.2, 0) is 0 Å². The first kappa shape index (κ1) is 16.9. The molecule has 0 radical (unpaired) electrons. The number of rotatable bonds is 5. The van der Waals surface area contributed by atoms with Crippen molar-refractivity contribution in [3.05, 3.63) is 71.3 Å². The quantitative estimate of drug-likeness (QED) is 0.517. The fraction of sp³-hybridized carbons (Fsp3) is 0.158. The topological polar surface area (TPSA) is 54.4 Å². The SMILES string of the molecule is C[Si](C)(C)c1ccc(C(=O)C=Cc2ccc(C(=O)O)cc2)cc1. The van der Waals surface area contributed by atoms with E-state index in [2.05, 4.69) is 19.6 Å². The average molecular weight is 324 g/mol. The second kappa shape index (κ2) is 6.75. The number of carbonyl (C=O) groups excluding carboxylic acids is 1. The fourth-order valence-electron chi connectivity index (χ4n) is 2.14. The normalized spacial score (nSPS) is 11.6. The first-order valence-corrected chi connectivity index (χ1v) is 10.9. The molecule has 0 fully saturated rings. The lowest BCUT2D eigenvalue weighted by molar-refractivity contribution is 0.0696. The van der Waals surface area contributed by atoms with Gasteiger partial charge in [-0.2, -0.15) is 0 Å². The smallest absolute Gasteiger partial charge is 0.335 e. The van der Waals surface area contributed by atoms with E-state index in [1.54, 1.807) is 18.2 Å². The third-order valence-corrected chi connectivity index (χ3v) is 5.69. The molecule has 4 heteroatoms. The standard InChI is InChI=1S/C19H20O3Si/c1-23(2,3)17-11-9-15(10-12-17)18(20)13-6-14-4-7-16(8-5-14)19(21)22/h4-13H,1-3H3,(H,21,22). The molecule has 1 N–H and O–H groups in total. The number of allylic oxidation sites excluding steroid dienone is 1. The summed E-state index contributed by atoms with van der Waals surface area (Å²) < 4.78 is 0. The van der Waals surface area contributed by atoms with E-state index < -0.39 is 14.0 Å². The summed E-state index contributed by atoms with van der Waals surface area (Å²) in [5.41, 5.74) is 1.68. The van der Waals surface area contributed by atoms with Crippen LogP contribution in [0, 0.1) is 0 Å². The minimum atomic E-state index is -1.35. The van der Waals surface area contributed by atoms with E-state index >= 15 is 0 Å². The van der Waals surface area contributed by atoms with Crippen molar-refractivity contribution < 1.29 is 14.7 Å². The molecule has 0 spiro atoms. The van der Waals surface area contributed by atoms with Crippen molar-refractivity contribution in [3.63, 3.8) is 0 Å². The van der Waals surface area contributed by atoms with Crippen molar-refractivity contribution >= 4 is 31.1 Å². The number of carboxylic acids is 1. The Bertz CT molecular complexity index is 736. The van der Waals surface area contributed by atoms with Crippen LogP contribution >= 0.6 is 0 Å². The summed E-state index contributed by atoms with van der Waals surface area (Å²) in [6, 6.07) is 14.2. The molecule has 0 aliphatic carbocycles.